The van der Waals surface area contributed by atoms with Crippen molar-refractivity contribution in [2.75, 3.05) is 19.0 Å². The Morgan fingerprint density at radius 2 is 1.88 bits per heavy atom. The SMILES string of the molecule is COc1ccc(S(=O)(=O)NCCC(=O)Nc2nc3ccccc3s2)cc1. The van der Waals surface area contributed by atoms with Gasteiger partial charge >= 0.3 is 0 Å². The van der Waals surface area contributed by atoms with E-state index in [2.05, 4.69) is 15.0 Å². The zero-order chi connectivity index (χ0) is 18.6. The summed E-state index contributed by atoms with van der Waals surface area (Å²) in [6.07, 6.45) is 0.00527. The fourth-order valence-electron chi connectivity index (χ4n) is 2.24. The Kier molecular flexibility index (Phi) is 5.50. The zero-order valence-corrected chi connectivity index (χ0v) is 15.6. The van der Waals surface area contributed by atoms with Crippen LogP contribution in [0.5, 0.6) is 5.75 Å². The fraction of sp³-hybridized carbons (Fsp3) is 0.176. The number of rotatable bonds is 7. The Balaban J connectivity index is 1.53. The molecule has 1 heterocycles. The van der Waals surface area contributed by atoms with E-state index >= 15 is 0 Å². The summed E-state index contributed by atoms with van der Waals surface area (Å²) >= 11 is 1.37. The van der Waals surface area contributed by atoms with Crippen molar-refractivity contribution in [2.45, 2.75) is 11.3 Å². The van der Waals surface area contributed by atoms with Crippen LogP contribution in [-0.2, 0) is 14.8 Å². The van der Waals surface area contributed by atoms with Gasteiger partial charge in [-0.05, 0) is 36.4 Å². The number of amides is 1. The second-order valence-corrected chi connectivity index (χ2v) is 8.16. The third-order valence-corrected chi connectivity index (χ3v) is 5.98. The van der Waals surface area contributed by atoms with Crippen LogP contribution in [0.25, 0.3) is 10.2 Å². The van der Waals surface area contributed by atoms with Crippen LogP contribution in [0, 0.1) is 0 Å². The summed E-state index contributed by atoms with van der Waals surface area (Å²) in [7, 11) is -2.17. The number of methoxy groups -OCH3 is 1. The quantitative estimate of drug-likeness (QED) is 0.645. The minimum Gasteiger partial charge on any atom is -0.497 e. The first-order valence-corrected chi connectivity index (χ1v) is 10.1. The largest absolute Gasteiger partial charge is 0.497 e. The highest BCUT2D eigenvalue weighted by Crippen LogP contribution is 2.25. The van der Waals surface area contributed by atoms with Gasteiger partial charge in [0.25, 0.3) is 0 Å². The van der Waals surface area contributed by atoms with Gasteiger partial charge in [0.15, 0.2) is 5.13 Å². The van der Waals surface area contributed by atoms with E-state index in [9.17, 15) is 13.2 Å². The second kappa shape index (κ2) is 7.81. The number of benzene rings is 2. The summed E-state index contributed by atoms with van der Waals surface area (Å²) in [5.41, 5.74) is 0.813. The number of hydrogen-bond acceptors (Lipinski definition) is 6. The minimum atomic E-state index is -3.67. The molecule has 136 valence electrons. The van der Waals surface area contributed by atoms with E-state index in [0.717, 1.165) is 10.2 Å². The van der Waals surface area contributed by atoms with Crippen LogP contribution in [0.15, 0.2) is 53.4 Å². The lowest BCUT2D eigenvalue weighted by Gasteiger charge is -2.07. The number of thiazole rings is 1. The number of nitrogens with zero attached hydrogens (tertiary/aromatic N) is 1. The van der Waals surface area contributed by atoms with Crippen LogP contribution in [0.3, 0.4) is 0 Å². The molecule has 3 rings (SSSR count). The van der Waals surface area contributed by atoms with Gasteiger partial charge < -0.3 is 10.1 Å². The lowest BCUT2D eigenvalue weighted by atomic mass is 10.3. The maximum absolute atomic E-state index is 12.2. The number of ether oxygens (including phenoxy) is 1. The van der Waals surface area contributed by atoms with Gasteiger partial charge in [0.2, 0.25) is 15.9 Å². The maximum Gasteiger partial charge on any atom is 0.240 e. The lowest BCUT2D eigenvalue weighted by Crippen LogP contribution is -2.27. The summed E-state index contributed by atoms with van der Waals surface area (Å²) in [6.45, 7) is -0.00884. The molecule has 0 aliphatic carbocycles. The molecule has 0 saturated heterocycles. The third-order valence-electron chi connectivity index (χ3n) is 3.55. The Hall–Kier alpha value is -2.49. The lowest BCUT2D eigenvalue weighted by molar-refractivity contribution is -0.116. The molecule has 0 spiro atoms. The van der Waals surface area contributed by atoms with Crippen molar-refractivity contribution in [3.8, 4) is 5.75 Å². The van der Waals surface area contributed by atoms with Gasteiger partial charge in [0.05, 0.1) is 22.2 Å². The first-order chi connectivity index (χ1) is 12.5. The van der Waals surface area contributed by atoms with Crippen LogP contribution in [0.1, 0.15) is 6.42 Å². The van der Waals surface area contributed by atoms with Crippen LogP contribution in [-0.4, -0.2) is 33.0 Å². The number of carbonyl (C=O) groups is 1. The van der Waals surface area contributed by atoms with Crippen molar-refractivity contribution in [1.82, 2.24) is 9.71 Å². The number of nitrogens with one attached hydrogen (secondary N) is 2. The molecule has 0 aliphatic heterocycles. The number of carbonyl (C=O) groups excluding carboxylic acids is 1. The van der Waals surface area contributed by atoms with Crippen molar-refractivity contribution in [3.63, 3.8) is 0 Å². The minimum absolute atomic E-state index is 0.00527. The number of aromatic nitrogens is 1. The summed E-state index contributed by atoms with van der Waals surface area (Å²) in [4.78, 5) is 16.4. The fourth-order valence-corrected chi connectivity index (χ4v) is 4.16. The normalized spacial score (nSPS) is 11.4. The zero-order valence-electron chi connectivity index (χ0n) is 13.9. The first-order valence-electron chi connectivity index (χ1n) is 7.77. The van der Waals surface area contributed by atoms with E-state index in [1.54, 1.807) is 12.1 Å². The average molecular weight is 391 g/mol. The standard InChI is InChI=1S/C17H17N3O4S2/c1-24-12-6-8-13(9-7-12)26(22,23)18-11-10-16(21)20-17-19-14-4-2-3-5-15(14)25-17/h2-9,18H,10-11H2,1H3,(H,19,20,21). The predicted octanol–water partition coefficient (Wildman–Crippen LogP) is 2.61. The van der Waals surface area contributed by atoms with E-state index < -0.39 is 10.0 Å². The Morgan fingerprint density at radius 3 is 2.58 bits per heavy atom. The number of anilines is 1. The highest BCUT2D eigenvalue weighted by Gasteiger charge is 2.15. The molecule has 0 radical (unpaired) electrons. The third kappa shape index (κ3) is 4.37. The van der Waals surface area contributed by atoms with E-state index in [1.807, 2.05) is 24.3 Å². The molecule has 0 fully saturated rings. The van der Waals surface area contributed by atoms with Crippen molar-refractivity contribution in [2.24, 2.45) is 0 Å². The molecule has 26 heavy (non-hydrogen) atoms. The number of para-hydroxylation sites is 1. The van der Waals surface area contributed by atoms with Gasteiger partial charge in [-0.15, -0.1) is 0 Å². The van der Waals surface area contributed by atoms with Crippen LogP contribution in [0.2, 0.25) is 0 Å². The molecule has 0 atom stereocenters. The van der Waals surface area contributed by atoms with E-state index in [4.69, 9.17) is 4.74 Å². The van der Waals surface area contributed by atoms with Crippen LogP contribution >= 0.6 is 11.3 Å². The van der Waals surface area contributed by atoms with Gasteiger partial charge in [-0.2, -0.15) is 0 Å². The number of sulfonamides is 1. The molecule has 2 N–H and O–H groups in total. The molecule has 1 amide bonds. The number of hydrogen-bond donors (Lipinski definition) is 2. The van der Waals surface area contributed by atoms with Crippen LogP contribution < -0.4 is 14.8 Å². The van der Waals surface area contributed by atoms with Gasteiger partial charge in [-0.3, -0.25) is 4.79 Å². The Morgan fingerprint density at radius 1 is 1.15 bits per heavy atom. The second-order valence-electron chi connectivity index (χ2n) is 5.36. The van der Waals surface area contributed by atoms with Gasteiger partial charge in [0, 0.05) is 13.0 Å². The van der Waals surface area contributed by atoms with Crippen molar-refractivity contribution >= 4 is 42.6 Å². The molecule has 1 aromatic heterocycles. The summed E-state index contributed by atoms with van der Waals surface area (Å²) in [5, 5.41) is 3.18. The molecule has 0 bridgehead atoms. The smallest absolute Gasteiger partial charge is 0.240 e. The van der Waals surface area contributed by atoms with Gasteiger partial charge in [-0.25, -0.2) is 18.1 Å². The molecule has 0 aliphatic rings. The molecule has 0 unspecified atom stereocenters. The van der Waals surface area contributed by atoms with Crippen molar-refractivity contribution < 1.29 is 17.9 Å². The van der Waals surface area contributed by atoms with Gasteiger partial charge in [0.1, 0.15) is 5.75 Å². The van der Waals surface area contributed by atoms with Gasteiger partial charge in [-0.1, -0.05) is 23.5 Å². The maximum atomic E-state index is 12.2. The summed E-state index contributed by atoms with van der Waals surface area (Å²) in [5.74, 6) is 0.264. The highest BCUT2D eigenvalue weighted by molar-refractivity contribution is 7.89. The topological polar surface area (TPSA) is 97.4 Å². The molecule has 2 aromatic carbocycles. The first kappa shape index (κ1) is 18.3. The van der Waals surface area contributed by atoms with E-state index in [1.165, 1.54) is 30.6 Å². The average Bonchev–Trinajstić information content (AvgIpc) is 3.03. The van der Waals surface area contributed by atoms with Crippen LogP contribution in [0.4, 0.5) is 5.13 Å². The van der Waals surface area contributed by atoms with Crippen molar-refractivity contribution in [3.05, 3.63) is 48.5 Å². The van der Waals surface area contributed by atoms with E-state index in [-0.39, 0.29) is 23.8 Å². The molecule has 3 aromatic rings. The monoisotopic (exact) mass is 391 g/mol. The molecule has 9 heteroatoms. The number of fused-ring (bicyclic) bond motifs is 1. The Labute approximate surface area is 155 Å². The molecular formula is C17H17N3O4S2. The summed E-state index contributed by atoms with van der Waals surface area (Å²) in [6, 6.07) is 13.6. The van der Waals surface area contributed by atoms with Crippen molar-refractivity contribution in [1.29, 1.82) is 0 Å². The molecular weight excluding hydrogens is 374 g/mol. The molecule has 7 nitrogen and oxygen atoms in total. The predicted molar refractivity (Wildman–Crippen MR) is 101 cm³/mol. The highest BCUT2D eigenvalue weighted by atomic mass is 32.2. The molecule has 0 saturated carbocycles. The van der Waals surface area contributed by atoms with E-state index in [0.29, 0.717) is 10.9 Å². The Bertz CT molecular complexity index is 981. The summed E-state index contributed by atoms with van der Waals surface area (Å²) < 4.78 is 32.8.